The molecule has 1 amide bonds. The Balaban J connectivity index is 1.20. The van der Waals surface area contributed by atoms with Gasteiger partial charge in [-0.2, -0.15) is 0 Å². The molecule has 0 unspecified atom stereocenters. The van der Waals surface area contributed by atoms with Gasteiger partial charge in [0.1, 0.15) is 17.4 Å². The summed E-state index contributed by atoms with van der Waals surface area (Å²) in [5.74, 6) is 2.91. The minimum atomic E-state index is -3.08. The Morgan fingerprint density at radius 1 is 1.09 bits per heavy atom. The number of aliphatic imine (C=N–C) groups is 1. The van der Waals surface area contributed by atoms with E-state index in [9.17, 15) is 13.2 Å². The number of nitrogens with one attached hydrogen (secondary N) is 1. The van der Waals surface area contributed by atoms with Crippen molar-refractivity contribution in [2.45, 2.75) is 36.5 Å². The van der Waals surface area contributed by atoms with Gasteiger partial charge in [0.05, 0.1) is 31.1 Å². The van der Waals surface area contributed by atoms with Gasteiger partial charge in [-0.25, -0.2) is 23.4 Å². The molecule has 7 rings (SSSR count). The van der Waals surface area contributed by atoms with Gasteiger partial charge in [-0.3, -0.25) is 4.79 Å². The molecule has 3 heterocycles. The average molecular weight is 604 g/mol. The molecule has 1 aromatic heterocycles. The smallest absolute Gasteiger partial charge is 0.235 e. The van der Waals surface area contributed by atoms with Crippen LogP contribution in [0.4, 0.5) is 23.0 Å². The van der Waals surface area contributed by atoms with E-state index in [0.29, 0.717) is 53.9 Å². The predicted molar refractivity (Wildman–Crippen MR) is 163 cm³/mol. The van der Waals surface area contributed by atoms with E-state index in [4.69, 9.17) is 25.9 Å². The molecule has 2 aliphatic heterocycles. The number of carbonyl (C=O) groups is 1. The highest BCUT2D eigenvalue weighted by Crippen LogP contribution is 2.65. The summed E-state index contributed by atoms with van der Waals surface area (Å²) in [6.45, 7) is 0.621. The number of amides is 1. The van der Waals surface area contributed by atoms with Gasteiger partial charge in [0.2, 0.25) is 17.5 Å². The van der Waals surface area contributed by atoms with Crippen LogP contribution in [0.5, 0.6) is 11.5 Å². The first-order chi connectivity index (χ1) is 20.6. The number of methoxy groups -OCH3 is 2. The van der Waals surface area contributed by atoms with Crippen molar-refractivity contribution in [2.75, 3.05) is 54.8 Å². The fourth-order valence-electron chi connectivity index (χ4n) is 6.27. The van der Waals surface area contributed by atoms with Gasteiger partial charge in [-0.1, -0.05) is 6.07 Å². The molecule has 2 atom stereocenters. The number of hydrogen-bond acceptors (Lipinski definition) is 10. The van der Waals surface area contributed by atoms with Gasteiger partial charge in [-0.05, 0) is 60.7 Å². The molecule has 3 aromatic rings. The van der Waals surface area contributed by atoms with E-state index in [1.54, 1.807) is 7.11 Å². The number of nitrogens with two attached hydrogens (primary N) is 2. The monoisotopic (exact) mass is 603 g/mol. The quantitative estimate of drug-likeness (QED) is 0.207. The Bertz CT molecular complexity index is 1790. The molecule has 3 fully saturated rings. The number of anilines is 3. The molecule has 43 heavy (non-hydrogen) atoms. The van der Waals surface area contributed by atoms with Crippen LogP contribution in [-0.4, -0.2) is 68.9 Å². The van der Waals surface area contributed by atoms with Crippen LogP contribution in [0.15, 0.2) is 41.4 Å². The molecule has 2 saturated carbocycles. The fourth-order valence-corrected chi connectivity index (χ4v) is 7.47. The van der Waals surface area contributed by atoms with Crippen molar-refractivity contribution < 1.29 is 22.7 Å². The lowest BCUT2D eigenvalue weighted by atomic mass is 9.91. The number of amidine groups is 1. The molecule has 5 N–H and O–H groups in total. The zero-order valence-corrected chi connectivity index (χ0v) is 24.8. The van der Waals surface area contributed by atoms with Gasteiger partial charge < -0.3 is 31.2 Å². The Kier molecular flexibility index (Phi) is 6.27. The van der Waals surface area contributed by atoms with Crippen molar-refractivity contribution in [3.8, 4) is 11.5 Å². The van der Waals surface area contributed by atoms with Crippen molar-refractivity contribution >= 4 is 44.6 Å². The maximum Gasteiger partial charge on any atom is 0.235 e. The number of fused-ring (bicyclic) bond motifs is 2. The van der Waals surface area contributed by atoms with E-state index < -0.39 is 15.3 Å². The topological polar surface area (TPSA) is 175 Å². The standard InChI is InChI=1S/C30H33N7O5S/c1-41-18-6-8-23-20(14-18)30(29(38)33-23)15-21(30)17-5-7-19(22(31)13-17)25(32)34-27-24(42-2)28(36-26(35-27)16-3-4-16)37-9-11-43(39,40)12-10-37/h5-8,13-14,16,21H,3-4,9-12,15,31H2,1-2H3,(H,33,38)(H2,32,34,35,36)/t21-,30-/m0/s1. The molecule has 224 valence electrons. The summed E-state index contributed by atoms with van der Waals surface area (Å²) in [4.78, 5) is 29.1. The third kappa shape index (κ3) is 4.62. The maximum absolute atomic E-state index is 13.1. The van der Waals surface area contributed by atoms with Crippen molar-refractivity contribution in [1.29, 1.82) is 0 Å². The average Bonchev–Trinajstić information content (AvgIpc) is 3.91. The SMILES string of the molecule is COc1ccc2c(c1)[C@]1(C[C@H]1c1ccc(/C(N)=N/c3nc(C4CC4)nc(N4CCS(=O)(=O)CC4)c3OC)c(N)c1)C(=O)N2. The van der Waals surface area contributed by atoms with Crippen molar-refractivity contribution in [2.24, 2.45) is 10.7 Å². The van der Waals surface area contributed by atoms with E-state index in [0.717, 1.165) is 29.7 Å². The fraction of sp³-hybridized carbons (Fsp3) is 0.400. The van der Waals surface area contributed by atoms with Crippen molar-refractivity contribution in [3.63, 3.8) is 0 Å². The van der Waals surface area contributed by atoms with Crippen LogP contribution in [0.25, 0.3) is 0 Å². The van der Waals surface area contributed by atoms with E-state index in [2.05, 4.69) is 15.3 Å². The first-order valence-electron chi connectivity index (χ1n) is 14.3. The van der Waals surface area contributed by atoms with E-state index >= 15 is 0 Å². The zero-order chi connectivity index (χ0) is 30.1. The number of aromatic nitrogens is 2. The summed E-state index contributed by atoms with van der Waals surface area (Å²) < 4.78 is 35.2. The predicted octanol–water partition coefficient (Wildman–Crippen LogP) is 2.60. The molecule has 13 heteroatoms. The van der Waals surface area contributed by atoms with Crippen LogP contribution in [0.2, 0.25) is 0 Å². The summed E-state index contributed by atoms with van der Waals surface area (Å²) in [5.41, 5.74) is 16.1. The number of rotatable bonds is 7. The second kappa shape index (κ2) is 9.83. The van der Waals surface area contributed by atoms with Gasteiger partial charge in [0.15, 0.2) is 15.7 Å². The lowest BCUT2D eigenvalue weighted by Crippen LogP contribution is -2.41. The van der Waals surface area contributed by atoms with Crippen molar-refractivity contribution in [3.05, 3.63) is 58.9 Å². The number of ether oxygens (including phenoxy) is 2. The number of nitrogen functional groups attached to an aromatic ring is 1. The normalized spacial score (nSPS) is 24.0. The van der Waals surface area contributed by atoms with E-state index in [1.165, 1.54) is 7.11 Å². The Labute approximate surface area is 249 Å². The Hall–Kier alpha value is -4.39. The highest BCUT2D eigenvalue weighted by molar-refractivity contribution is 7.91. The molecule has 0 radical (unpaired) electrons. The number of carbonyl (C=O) groups excluding carboxylic acids is 1. The van der Waals surface area contributed by atoms with Crippen LogP contribution in [0, 0.1) is 0 Å². The molecule has 0 bridgehead atoms. The minimum absolute atomic E-state index is 0.0195. The first-order valence-corrected chi connectivity index (χ1v) is 16.1. The third-order valence-electron chi connectivity index (χ3n) is 8.94. The summed E-state index contributed by atoms with van der Waals surface area (Å²) in [6.07, 6.45) is 2.63. The molecule has 2 aliphatic carbocycles. The molecule has 4 aliphatic rings. The van der Waals surface area contributed by atoms with Crippen LogP contribution in [0.1, 0.15) is 53.6 Å². The lowest BCUT2D eigenvalue weighted by Gasteiger charge is -2.29. The van der Waals surface area contributed by atoms with Crippen molar-refractivity contribution in [1.82, 2.24) is 9.97 Å². The second-order valence-electron chi connectivity index (χ2n) is 11.6. The molecular formula is C30H33N7O5S. The summed E-state index contributed by atoms with van der Waals surface area (Å²) in [7, 11) is 0.0446. The summed E-state index contributed by atoms with van der Waals surface area (Å²) >= 11 is 0. The van der Waals surface area contributed by atoms with E-state index in [1.807, 2.05) is 41.3 Å². The number of nitrogens with zero attached hydrogens (tertiary/aromatic N) is 4. The minimum Gasteiger partial charge on any atom is -0.497 e. The molecule has 1 spiro atoms. The lowest BCUT2D eigenvalue weighted by molar-refractivity contribution is -0.118. The van der Waals surface area contributed by atoms with Gasteiger partial charge >= 0.3 is 0 Å². The zero-order valence-electron chi connectivity index (χ0n) is 24.0. The van der Waals surface area contributed by atoms with Crippen LogP contribution in [-0.2, 0) is 20.0 Å². The second-order valence-corrected chi connectivity index (χ2v) is 13.9. The van der Waals surface area contributed by atoms with Crippen LogP contribution < -0.4 is 31.2 Å². The largest absolute Gasteiger partial charge is 0.497 e. The van der Waals surface area contributed by atoms with Crippen LogP contribution in [0.3, 0.4) is 0 Å². The Morgan fingerprint density at radius 2 is 1.86 bits per heavy atom. The van der Waals surface area contributed by atoms with Gasteiger partial charge in [0, 0.05) is 41.9 Å². The van der Waals surface area contributed by atoms with Crippen LogP contribution >= 0.6 is 0 Å². The summed E-state index contributed by atoms with van der Waals surface area (Å²) in [5, 5.41) is 3.01. The highest BCUT2D eigenvalue weighted by atomic mass is 32.2. The summed E-state index contributed by atoms with van der Waals surface area (Å²) in [6, 6.07) is 11.3. The maximum atomic E-state index is 13.1. The number of benzene rings is 2. The highest BCUT2D eigenvalue weighted by Gasteiger charge is 2.65. The van der Waals surface area contributed by atoms with Gasteiger partial charge in [-0.15, -0.1) is 0 Å². The molecule has 2 aromatic carbocycles. The molecule has 12 nitrogen and oxygen atoms in total. The number of hydrogen-bond donors (Lipinski definition) is 3. The Morgan fingerprint density at radius 3 is 2.53 bits per heavy atom. The first kappa shape index (κ1) is 27.4. The molecule has 1 saturated heterocycles. The molecular weight excluding hydrogens is 570 g/mol. The van der Waals surface area contributed by atoms with E-state index in [-0.39, 0.29) is 40.9 Å². The van der Waals surface area contributed by atoms with Gasteiger partial charge in [0.25, 0.3) is 0 Å². The third-order valence-corrected chi connectivity index (χ3v) is 10.5. The number of sulfone groups is 1.